The number of benzene rings is 1. The first-order valence-electron chi connectivity index (χ1n) is 4.73. The van der Waals surface area contributed by atoms with Gasteiger partial charge in [0, 0.05) is 18.6 Å². The van der Waals surface area contributed by atoms with Gasteiger partial charge in [0.25, 0.3) is 0 Å². The van der Waals surface area contributed by atoms with E-state index in [-0.39, 0.29) is 18.0 Å². The lowest BCUT2D eigenvalue weighted by molar-refractivity contribution is 0.266. The third-order valence-electron chi connectivity index (χ3n) is 2.25. The van der Waals surface area contributed by atoms with E-state index in [1.165, 1.54) is 13.1 Å². The molecule has 0 unspecified atom stereocenters. The molecule has 6 heteroatoms. The minimum Gasteiger partial charge on any atom is -0.395 e. The van der Waals surface area contributed by atoms with Crippen LogP contribution in [0, 0.1) is 6.92 Å². The van der Waals surface area contributed by atoms with Gasteiger partial charge >= 0.3 is 0 Å². The zero-order chi connectivity index (χ0) is 12.3. The summed E-state index contributed by atoms with van der Waals surface area (Å²) < 4.78 is 25.2. The number of hydrogen-bond acceptors (Lipinski definition) is 3. The SMILES string of the molecule is Cc1ccc(Cl)cc1S(=O)(=O)N(C)CCO. The summed E-state index contributed by atoms with van der Waals surface area (Å²) in [6.45, 7) is 1.56. The molecule has 0 aliphatic heterocycles. The van der Waals surface area contributed by atoms with Crippen LogP contribution in [0.5, 0.6) is 0 Å². The minimum atomic E-state index is -3.57. The molecule has 0 saturated carbocycles. The second-order valence-corrected chi connectivity index (χ2v) is 5.91. The van der Waals surface area contributed by atoms with Crippen molar-refractivity contribution >= 4 is 21.6 Å². The first-order chi connectivity index (χ1) is 7.39. The summed E-state index contributed by atoms with van der Waals surface area (Å²) in [7, 11) is -2.14. The lowest BCUT2D eigenvalue weighted by atomic mass is 10.2. The van der Waals surface area contributed by atoms with E-state index in [1.807, 2.05) is 0 Å². The Morgan fingerprint density at radius 1 is 1.44 bits per heavy atom. The molecule has 0 amide bonds. The summed E-state index contributed by atoms with van der Waals surface area (Å²) in [4.78, 5) is 0.177. The molecule has 0 heterocycles. The van der Waals surface area contributed by atoms with Crippen LogP contribution in [0.25, 0.3) is 0 Å². The fourth-order valence-corrected chi connectivity index (χ4v) is 2.93. The van der Waals surface area contributed by atoms with Gasteiger partial charge in [-0.2, -0.15) is 4.31 Å². The highest BCUT2D eigenvalue weighted by Crippen LogP contribution is 2.22. The molecule has 16 heavy (non-hydrogen) atoms. The minimum absolute atomic E-state index is 0.0638. The maximum absolute atomic E-state index is 12.1. The molecule has 0 radical (unpaired) electrons. The standard InChI is InChI=1S/C10H14ClNO3S/c1-8-3-4-9(11)7-10(8)16(14,15)12(2)5-6-13/h3-4,7,13H,5-6H2,1-2H3. The number of rotatable bonds is 4. The van der Waals surface area contributed by atoms with E-state index in [4.69, 9.17) is 16.7 Å². The van der Waals surface area contributed by atoms with Crippen molar-refractivity contribution in [3.05, 3.63) is 28.8 Å². The predicted molar refractivity (Wildman–Crippen MR) is 63.1 cm³/mol. The second-order valence-electron chi connectivity index (χ2n) is 3.46. The van der Waals surface area contributed by atoms with Gasteiger partial charge in [0.1, 0.15) is 0 Å². The van der Waals surface area contributed by atoms with Gasteiger partial charge in [0.2, 0.25) is 10.0 Å². The monoisotopic (exact) mass is 263 g/mol. The average Bonchev–Trinajstić information content (AvgIpc) is 2.22. The van der Waals surface area contributed by atoms with E-state index in [9.17, 15) is 8.42 Å². The first-order valence-corrected chi connectivity index (χ1v) is 6.54. The fourth-order valence-electron chi connectivity index (χ4n) is 1.28. The largest absolute Gasteiger partial charge is 0.395 e. The number of likely N-dealkylation sites (N-methyl/N-ethyl adjacent to an activating group) is 1. The van der Waals surface area contributed by atoms with Crippen LogP contribution in [-0.4, -0.2) is 38.0 Å². The van der Waals surface area contributed by atoms with Crippen molar-refractivity contribution in [1.82, 2.24) is 4.31 Å². The molecule has 1 N–H and O–H groups in total. The molecule has 0 bridgehead atoms. The summed E-state index contributed by atoms with van der Waals surface area (Å²) in [6, 6.07) is 4.71. The molecular formula is C10H14ClNO3S. The number of sulfonamides is 1. The summed E-state index contributed by atoms with van der Waals surface area (Å²) in [5.74, 6) is 0. The Hall–Kier alpha value is -0.620. The molecule has 0 aliphatic carbocycles. The molecular weight excluding hydrogens is 250 g/mol. The Balaban J connectivity index is 3.21. The molecule has 1 aromatic carbocycles. The average molecular weight is 264 g/mol. The van der Waals surface area contributed by atoms with Crippen LogP contribution in [0.15, 0.2) is 23.1 Å². The van der Waals surface area contributed by atoms with Crippen molar-refractivity contribution < 1.29 is 13.5 Å². The summed E-state index contributed by atoms with van der Waals surface area (Å²) in [6.07, 6.45) is 0. The van der Waals surface area contributed by atoms with Crippen LogP contribution in [0.3, 0.4) is 0 Å². The number of nitrogens with zero attached hydrogens (tertiary/aromatic N) is 1. The molecule has 0 spiro atoms. The number of halogens is 1. The molecule has 90 valence electrons. The maximum Gasteiger partial charge on any atom is 0.243 e. The van der Waals surface area contributed by atoms with E-state index in [1.54, 1.807) is 19.1 Å². The molecule has 4 nitrogen and oxygen atoms in total. The number of aliphatic hydroxyl groups excluding tert-OH is 1. The predicted octanol–water partition coefficient (Wildman–Crippen LogP) is 1.26. The normalized spacial score (nSPS) is 12.1. The first kappa shape index (κ1) is 13.4. The van der Waals surface area contributed by atoms with Crippen molar-refractivity contribution in [2.24, 2.45) is 0 Å². The maximum atomic E-state index is 12.1. The number of aliphatic hydroxyl groups is 1. The Kier molecular flexibility index (Phi) is 4.32. The topological polar surface area (TPSA) is 57.6 Å². The van der Waals surface area contributed by atoms with Gasteiger partial charge in [-0.1, -0.05) is 17.7 Å². The Labute approximate surface area is 101 Å². The van der Waals surface area contributed by atoms with Gasteiger partial charge in [-0.15, -0.1) is 0 Å². The number of hydrogen-bond donors (Lipinski definition) is 1. The van der Waals surface area contributed by atoms with E-state index in [0.29, 0.717) is 10.6 Å². The lowest BCUT2D eigenvalue weighted by Crippen LogP contribution is -2.30. The van der Waals surface area contributed by atoms with E-state index in [0.717, 1.165) is 4.31 Å². The van der Waals surface area contributed by atoms with Crippen LogP contribution in [0.1, 0.15) is 5.56 Å². The highest BCUT2D eigenvalue weighted by atomic mass is 35.5. The summed E-state index contributed by atoms with van der Waals surface area (Å²) in [5, 5.41) is 9.12. The molecule has 1 aromatic rings. The van der Waals surface area contributed by atoms with Crippen molar-refractivity contribution in [2.45, 2.75) is 11.8 Å². The molecule has 0 aliphatic rings. The van der Waals surface area contributed by atoms with Gasteiger partial charge in [0.05, 0.1) is 11.5 Å². The summed E-state index contributed by atoms with van der Waals surface area (Å²) >= 11 is 5.77. The Morgan fingerprint density at radius 3 is 2.62 bits per heavy atom. The van der Waals surface area contributed by atoms with Gasteiger partial charge in [-0.3, -0.25) is 0 Å². The Bertz CT molecular complexity index is 473. The van der Waals surface area contributed by atoms with Crippen molar-refractivity contribution in [3.63, 3.8) is 0 Å². The van der Waals surface area contributed by atoms with Gasteiger partial charge < -0.3 is 5.11 Å². The van der Waals surface area contributed by atoms with Crippen LogP contribution in [-0.2, 0) is 10.0 Å². The molecule has 0 saturated heterocycles. The number of aryl methyl sites for hydroxylation is 1. The van der Waals surface area contributed by atoms with Crippen molar-refractivity contribution in [1.29, 1.82) is 0 Å². The third-order valence-corrected chi connectivity index (χ3v) is 4.49. The van der Waals surface area contributed by atoms with Crippen molar-refractivity contribution in [2.75, 3.05) is 20.2 Å². The van der Waals surface area contributed by atoms with Gasteiger partial charge in [-0.25, -0.2) is 8.42 Å². The third kappa shape index (κ3) is 2.74. The van der Waals surface area contributed by atoms with Gasteiger partial charge in [0.15, 0.2) is 0 Å². The molecule has 1 rings (SSSR count). The zero-order valence-corrected chi connectivity index (χ0v) is 10.7. The van der Waals surface area contributed by atoms with Crippen molar-refractivity contribution in [3.8, 4) is 0 Å². The second kappa shape index (κ2) is 5.14. The smallest absolute Gasteiger partial charge is 0.243 e. The van der Waals surface area contributed by atoms with Crippen LogP contribution in [0.2, 0.25) is 5.02 Å². The lowest BCUT2D eigenvalue weighted by Gasteiger charge is -2.17. The van der Waals surface area contributed by atoms with E-state index in [2.05, 4.69) is 0 Å². The van der Waals surface area contributed by atoms with Crippen LogP contribution >= 0.6 is 11.6 Å². The van der Waals surface area contributed by atoms with Crippen LogP contribution < -0.4 is 0 Å². The molecule has 0 fully saturated rings. The van der Waals surface area contributed by atoms with Crippen LogP contribution in [0.4, 0.5) is 0 Å². The Morgan fingerprint density at radius 2 is 2.06 bits per heavy atom. The van der Waals surface area contributed by atoms with E-state index < -0.39 is 10.0 Å². The summed E-state index contributed by atoms with van der Waals surface area (Å²) in [5.41, 5.74) is 0.634. The zero-order valence-electron chi connectivity index (χ0n) is 9.14. The molecule has 0 aromatic heterocycles. The van der Waals surface area contributed by atoms with E-state index >= 15 is 0 Å². The van der Waals surface area contributed by atoms with Gasteiger partial charge in [-0.05, 0) is 24.6 Å². The fraction of sp³-hybridized carbons (Fsp3) is 0.400. The quantitative estimate of drug-likeness (QED) is 0.890. The highest BCUT2D eigenvalue weighted by Gasteiger charge is 2.22. The molecule has 0 atom stereocenters. The highest BCUT2D eigenvalue weighted by molar-refractivity contribution is 7.89.